The summed E-state index contributed by atoms with van der Waals surface area (Å²) in [6.07, 6.45) is 1.12. The first-order valence-corrected chi connectivity index (χ1v) is 10.9. The van der Waals surface area contributed by atoms with Crippen LogP contribution in [-0.4, -0.2) is 25.4 Å². The van der Waals surface area contributed by atoms with Crippen molar-refractivity contribution < 1.29 is 13.2 Å². The largest absolute Gasteiger partial charge is 0.355 e. The van der Waals surface area contributed by atoms with Gasteiger partial charge in [0.1, 0.15) is 0 Å². The fraction of sp³-hybridized carbons (Fsp3) is 0.211. The molecule has 2 N–H and O–H groups in total. The summed E-state index contributed by atoms with van der Waals surface area (Å²) in [7, 11) is -3.29. The molecule has 2 aromatic heterocycles. The molecule has 2 heterocycles. The number of hydrogen-bond donors (Lipinski definition) is 2. The highest BCUT2D eigenvalue weighted by Gasteiger charge is 2.19. The van der Waals surface area contributed by atoms with Crippen molar-refractivity contribution in [1.82, 2.24) is 4.98 Å². The lowest BCUT2D eigenvalue weighted by atomic mass is 9.97. The van der Waals surface area contributed by atoms with E-state index in [4.69, 9.17) is 0 Å². The van der Waals surface area contributed by atoms with Crippen molar-refractivity contribution in [3.8, 4) is 0 Å². The van der Waals surface area contributed by atoms with Crippen LogP contribution in [0.2, 0.25) is 0 Å². The number of thiophene rings is 1. The maximum absolute atomic E-state index is 12.6. The molecule has 1 atom stereocenters. The number of hydrogen-bond acceptors (Lipinski definition) is 4. The van der Waals surface area contributed by atoms with Crippen LogP contribution in [0.4, 0.5) is 5.69 Å². The predicted molar refractivity (Wildman–Crippen MR) is 106 cm³/mol. The number of aromatic amines is 1. The number of anilines is 1. The van der Waals surface area contributed by atoms with E-state index in [-0.39, 0.29) is 11.7 Å². The molecule has 0 aliphatic rings. The summed E-state index contributed by atoms with van der Waals surface area (Å²) in [5.74, 6) is 0.0505. The number of carbonyl (C=O) groups excluding carboxylic acids is 1. The minimum absolute atomic E-state index is 0.00338. The van der Waals surface area contributed by atoms with Gasteiger partial charge in [-0.25, -0.2) is 8.42 Å². The zero-order valence-electron chi connectivity index (χ0n) is 14.7. The molecular formula is C19H20N2O3S2. The standard InChI is InChI=1S/C19H20N2O3S2/c1-12-11-16(20-18(12)19(22)17-5-4-10-25-17)13(2)14-6-8-15(9-7-14)21-26(3,23)24/h4-11,13,20-21H,1-3H3. The van der Waals surface area contributed by atoms with Gasteiger partial charge in [0.05, 0.1) is 16.8 Å². The van der Waals surface area contributed by atoms with Crippen LogP contribution in [0.1, 0.15) is 45.0 Å². The Kier molecular flexibility index (Phi) is 5.02. The van der Waals surface area contributed by atoms with Gasteiger partial charge in [-0.05, 0) is 47.7 Å². The Morgan fingerprint density at radius 1 is 1.19 bits per heavy atom. The molecule has 136 valence electrons. The van der Waals surface area contributed by atoms with E-state index in [9.17, 15) is 13.2 Å². The Hall–Kier alpha value is -2.38. The number of rotatable bonds is 6. The van der Waals surface area contributed by atoms with E-state index >= 15 is 0 Å². The summed E-state index contributed by atoms with van der Waals surface area (Å²) in [6, 6.07) is 12.9. The van der Waals surface area contributed by atoms with Crippen LogP contribution in [0, 0.1) is 6.92 Å². The average molecular weight is 389 g/mol. The number of aryl methyl sites for hydroxylation is 1. The fourth-order valence-electron chi connectivity index (χ4n) is 2.82. The van der Waals surface area contributed by atoms with Gasteiger partial charge in [0, 0.05) is 17.3 Å². The maximum Gasteiger partial charge on any atom is 0.229 e. The molecule has 0 fully saturated rings. The summed E-state index contributed by atoms with van der Waals surface area (Å²) in [6.45, 7) is 3.97. The highest BCUT2D eigenvalue weighted by atomic mass is 32.2. The van der Waals surface area contributed by atoms with Crippen LogP contribution in [0.3, 0.4) is 0 Å². The van der Waals surface area contributed by atoms with Crippen LogP contribution in [-0.2, 0) is 10.0 Å². The number of H-pyrrole nitrogens is 1. The molecule has 0 bridgehead atoms. The summed E-state index contributed by atoms with van der Waals surface area (Å²) in [5.41, 5.74) is 4.04. The first-order chi connectivity index (χ1) is 12.2. The second-order valence-corrected chi connectivity index (χ2v) is 9.00. The number of ketones is 1. The molecule has 1 aromatic carbocycles. The average Bonchev–Trinajstić information content (AvgIpc) is 3.22. The zero-order chi connectivity index (χ0) is 18.9. The second-order valence-electron chi connectivity index (χ2n) is 6.31. The lowest BCUT2D eigenvalue weighted by Crippen LogP contribution is -2.09. The lowest BCUT2D eigenvalue weighted by Gasteiger charge is -2.11. The van der Waals surface area contributed by atoms with Crippen molar-refractivity contribution in [3.63, 3.8) is 0 Å². The number of nitrogens with one attached hydrogen (secondary N) is 2. The van der Waals surface area contributed by atoms with Crippen LogP contribution in [0.15, 0.2) is 47.8 Å². The quantitative estimate of drug-likeness (QED) is 0.623. The molecular weight excluding hydrogens is 368 g/mol. The first kappa shape index (κ1) is 18.4. The number of aromatic nitrogens is 1. The normalized spacial score (nSPS) is 12.7. The monoisotopic (exact) mass is 388 g/mol. The number of benzene rings is 1. The lowest BCUT2D eigenvalue weighted by molar-refractivity contribution is 0.103. The van der Waals surface area contributed by atoms with Crippen molar-refractivity contribution in [2.75, 3.05) is 11.0 Å². The molecule has 1 unspecified atom stereocenters. The number of carbonyl (C=O) groups is 1. The molecule has 0 saturated heterocycles. The third kappa shape index (κ3) is 4.05. The van der Waals surface area contributed by atoms with Crippen molar-refractivity contribution in [2.24, 2.45) is 0 Å². The molecule has 5 nitrogen and oxygen atoms in total. The van der Waals surface area contributed by atoms with Gasteiger partial charge in [-0.2, -0.15) is 0 Å². The maximum atomic E-state index is 12.6. The SMILES string of the molecule is Cc1cc(C(C)c2ccc(NS(C)(=O)=O)cc2)[nH]c1C(=O)c1cccs1. The second kappa shape index (κ2) is 7.09. The molecule has 26 heavy (non-hydrogen) atoms. The fourth-order valence-corrected chi connectivity index (χ4v) is 4.05. The van der Waals surface area contributed by atoms with Crippen LogP contribution in [0.5, 0.6) is 0 Å². The van der Waals surface area contributed by atoms with E-state index in [1.54, 1.807) is 12.1 Å². The van der Waals surface area contributed by atoms with Crippen LogP contribution < -0.4 is 4.72 Å². The topological polar surface area (TPSA) is 79.0 Å². The van der Waals surface area contributed by atoms with Crippen LogP contribution in [0.25, 0.3) is 0 Å². The smallest absolute Gasteiger partial charge is 0.229 e. The molecule has 3 rings (SSSR count). The molecule has 0 amide bonds. The Balaban J connectivity index is 1.83. The summed E-state index contributed by atoms with van der Waals surface area (Å²) < 4.78 is 25.0. The Labute approximate surface area is 157 Å². The Morgan fingerprint density at radius 3 is 2.46 bits per heavy atom. The Morgan fingerprint density at radius 2 is 1.88 bits per heavy atom. The molecule has 0 aliphatic carbocycles. The van der Waals surface area contributed by atoms with Crippen LogP contribution >= 0.6 is 11.3 Å². The minimum Gasteiger partial charge on any atom is -0.355 e. The van der Waals surface area contributed by atoms with Crippen molar-refractivity contribution in [3.05, 3.63) is 75.2 Å². The van der Waals surface area contributed by atoms with Gasteiger partial charge in [0.25, 0.3) is 0 Å². The molecule has 0 spiro atoms. The third-order valence-corrected chi connectivity index (χ3v) is 5.66. The van der Waals surface area contributed by atoms with E-state index in [0.29, 0.717) is 16.3 Å². The van der Waals surface area contributed by atoms with Crippen molar-refractivity contribution in [2.45, 2.75) is 19.8 Å². The predicted octanol–water partition coefficient (Wildman–Crippen LogP) is 4.14. The van der Waals surface area contributed by atoms with Gasteiger partial charge in [0.2, 0.25) is 15.8 Å². The highest BCUT2D eigenvalue weighted by Crippen LogP contribution is 2.28. The van der Waals surface area contributed by atoms with E-state index in [1.165, 1.54) is 11.3 Å². The van der Waals surface area contributed by atoms with Gasteiger partial charge < -0.3 is 4.98 Å². The minimum atomic E-state index is -3.29. The van der Waals surface area contributed by atoms with E-state index in [2.05, 4.69) is 9.71 Å². The van der Waals surface area contributed by atoms with E-state index in [0.717, 1.165) is 23.1 Å². The number of sulfonamides is 1. The van der Waals surface area contributed by atoms with Gasteiger partial charge in [-0.1, -0.05) is 25.1 Å². The molecule has 3 aromatic rings. The van der Waals surface area contributed by atoms with Gasteiger partial charge in [-0.3, -0.25) is 9.52 Å². The molecule has 7 heteroatoms. The third-order valence-electron chi connectivity index (χ3n) is 4.19. The molecule has 0 aliphatic heterocycles. The molecule has 0 saturated carbocycles. The summed E-state index contributed by atoms with van der Waals surface area (Å²) in [4.78, 5) is 16.6. The van der Waals surface area contributed by atoms with Crippen molar-refractivity contribution >= 4 is 32.8 Å². The van der Waals surface area contributed by atoms with Gasteiger partial charge >= 0.3 is 0 Å². The van der Waals surface area contributed by atoms with Crippen molar-refractivity contribution in [1.29, 1.82) is 0 Å². The van der Waals surface area contributed by atoms with E-state index < -0.39 is 10.0 Å². The van der Waals surface area contributed by atoms with Gasteiger partial charge in [-0.15, -0.1) is 11.3 Å². The molecule has 0 radical (unpaired) electrons. The zero-order valence-corrected chi connectivity index (χ0v) is 16.4. The van der Waals surface area contributed by atoms with Gasteiger partial charge in [0.15, 0.2) is 0 Å². The Bertz CT molecular complexity index is 1020. The summed E-state index contributed by atoms with van der Waals surface area (Å²) >= 11 is 1.43. The van der Waals surface area contributed by atoms with E-state index in [1.807, 2.05) is 49.6 Å². The first-order valence-electron chi connectivity index (χ1n) is 8.10. The highest BCUT2D eigenvalue weighted by molar-refractivity contribution is 7.92. The summed E-state index contributed by atoms with van der Waals surface area (Å²) in [5, 5.41) is 1.89.